The lowest BCUT2D eigenvalue weighted by Crippen LogP contribution is -2.28. The molecule has 0 bridgehead atoms. The van der Waals surface area contributed by atoms with Gasteiger partial charge in [0, 0.05) is 5.41 Å². The first-order valence-corrected chi connectivity index (χ1v) is 8.38. The van der Waals surface area contributed by atoms with Crippen molar-refractivity contribution in [2.24, 2.45) is 5.10 Å². The van der Waals surface area contributed by atoms with E-state index in [2.05, 4.69) is 25.7 Å². The van der Waals surface area contributed by atoms with Gasteiger partial charge in [0.25, 0.3) is 5.56 Å². The summed E-state index contributed by atoms with van der Waals surface area (Å²) in [5.74, 6) is 0.810. The Bertz CT molecular complexity index is 811. The summed E-state index contributed by atoms with van der Waals surface area (Å²) in [6.45, 7) is 8.34. The molecule has 2 rings (SSSR count). The number of hydrazone groups is 1. The number of nitrogens with zero attached hydrogens (tertiary/aromatic N) is 3. The summed E-state index contributed by atoms with van der Waals surface area (Å²) in [6.07, 6.45) is 2.48. The van der Waals surface area contributed by atoms with Gasteiger partial charge in [0.05, 0.1) is 17.8 Å². The van der Waals surface area contributed by atoms with Crippen LogP contribution in [0.2, 0.25) is 5.02 Å². The minimum Gasteiger partial charge on any atom is -0.492 e. The highest BCUT2D eigenvalue weighted by Crippen LogP contribution is 2.25. The second-order valence-electron chi connectivity index (χ2n) is 6.51. The summed E-state index contributed by atoms with van der Waals surface area (Å²) in [6, 6.07) is 5.37. The average molecular weight is 364 g/mol. The van der Waals surface area contributed by atoms with Crippen LogP contribution in [-0.2, 0) is 5.41 Å². The van der Waals surface area contributed by atoms with Crippen molar-refractivity contribution in [1.29, 1.82) is 0 Å². The second-order valence-corrected chi connectivity index (χ2v) is 6.92. The average Bonchev–Trinajstić information content (AvgIpc) is 2.53. The third kappa shape index (κ3) is 5.29. The molecule has 0 atom stereocenters. The molecule has 1 aromatic carbocycles. The molecule has 0 saturated heterocycles. The Morgan fingerprint density at radius 1 is 1.36 bits per heavy atom. The highest BCUT2D eigenvalue weighted by molar-refractivity contribution is 6.32. The normalized spacial score (nSPS) is 11.7. The van der Waals surface area contributed by atoms with E-state index in [0.29, 0.717) is 23.1 Å². The molecule has 2 aromatic rings. The second kappa shape index (κ2) is 8.11. The van der Waals surface area contributed by atoms with E-state index >= 15 is 0 Å². The molecule has 25 heavy (non-hydrogen) atoms. The Kier molecular flexibility index (Phi) is 6.14. The molecule has 7 nitrogen and oxygen atoms in total. The summed E-state index contributed by atoms with van der Waals surface area (Å²) < 4.78 is 5.52. The van der Waals surface area contributed by atoms with Crippen molar-refractivity contribution in [3.63, 3.8) is 0 Å². The van der Waals surface area contributed by atoms with Crippen LogP contribution in [0.3, 0.4) is 0 Å². The Morgan fingerprint density at radius 2 is 2.12 bits per heavy atom. The predicted octanol–water partition coefficient (Wildman–Crippen LogP) is 3.35. The van der Waals surface area contributed by atoms with E-state index in [0.717, 1.165) is 12.0 Å². The van der Waals surface area contributed by atoms with Crippen LogP contribution in [0.1, 0.15) is 45.4 Å². The number of halogens is 1. The molecule has 0 spiro atoms. The number of aromatic nitrogens is 3. The number of aromatic amines is 1. The van der Waals surface area contributed by atoms with Gasteiger partial charge in [-0.2, -0.15) is 5.10 Å². The number of H-pyrrole nitrogens is 1. The monoisotopic (exact) mass is 363 g/mol. The minimum absolute atomic E-state index is 0.170. The largest absolute Gasteiger partial charge is 0.492 e. The molecule has 1 heterocycles. The number of nitrogens with one attached hydrogen (secondary N) is 2. The van der Waals surface area contributed by atoms with Gasteiger partial charge in [0.2, 0.25) is 5.95 Å². The summed E-state index contributed by atoms with van der Waals surface area (Å²) in [4.78, 5) is 14.6. The van der Waals surface area contributed by atoms with Gasteiger partial charge in [-0.1, -0.05) is 39.3 Å². The van der Waals surface area contributed by atoms with Crippen molar-refractivity contribution in [3.05, 3.63) is 44.8 Å². The summed E-state index contributed by atoms with van der Waals surface area (Å²) >= 11 is 6.17. The van der Waals surface area contributed by atoms with Crippen molar-refractivity contribution < 1.29 is 4.74 Å². The van der Waals surface area contributed by atoms with Crippen molar-refractivity contribution >= 4 is 23.8 Å². The highest BCUT2D eigenvalue weighted by atomic mass is 35.5. The lowest BCUT2D eigenvalue weighted by Gasteiger charge is -2.15. The van der Waals surface area contributed by atoms with E-state index in [9.17, 15) is 4.79 Å². The fourth-order valence-electron chi connectivity index (χ4n) is 1.97. The number of benzene rings is 1. The highest BCUT2D eigenvalue weighted by Gasteiger charge is 2.20. The van der Waals surface area contributed by atoms with E-state index in [1.165, 1.54) is 0 Å². The van der Waals surface area contributed by atoms with Crippen molar-refractivity contribution in [3.8, 4) is 5.75 Å². The van der Waals surface area contributed by atoms with Gasteiger partial charge in [-0.25, -0.2) is 5.43 Å². The zero-order valence-electron chi connectivity index (χ0n) is 14.8. The summed E-state index contributed by atoms with van der Waals surface area (Å²) in [7, 11) is 0. The van der Waals surface area contributed by atoms with Crippen LogP contribution in [0, 0.1) is 0 Å². The molecule has 1 aromatic heterocycles. The molecule has 0 aliphatic carbocycles. The summed E-state index contributed by atoms with van der Waals surface area (Å²) in [5, 5.41) is 12.4. The van der Waals surface area contributed by atoms with Crippen LogP contribution in [0.5, 0.6) is 5.75 Å². The van der Waals surface area contributed by atoms with E-state index < -0.39 is 0 Å². The quantitative estimate of drug-likeness (QED) is 0.606. The molecular formula is C17H22ClN5O2. The molecule has 0 radical (unpaired) electrons. The Labute approximate surface area is 151 Å². The standard InChI is InChI=1S/C17H22ClN5O2/c1-5-8-25-13-7-6-11(9-12(13)18)10-19-22-16-20-15(24)14(21-23-16)17(2,3)4/h6-7,9-10H,5,8H2,1-4H3,(H2,20,22,23,24)/b19-10+. The Morgan fingerprint density at radius 3 is 2.72 bits per heavy atom. The fraction of sp³-hybridized carbons (Fsp3) is 0.412. The molecule has 8 heteroatoms. The molecule has 0 saturated carbocycles. The first kappa shape index (κ1) is 18.9. The zero-order chi connectivity index (χ0) is 18.4. The van der Waals surface area contributed by atoms with E-state index in [1.807, 2.05) is 33.8 Å². The number of ether oxygens (including phenoxy) is 1. The van der Waals surface area contributed by atoms with Crippen molar-refractivity contribution in [2.45, 2.75) is 39.5 Å². The van der Waals surface area contributed by atoms with E-state index in [-0.39, 0.29) is 16.9 Å². The van der Waals surface area contributed by atoms with Crippen LogP contribution < -0.4 is 15.7 Å². The first-order valence-electron chi connectivity index (χ1n) is 8.00. The van der Waals surface area contributed by atoms with Gasteiger partial charge in [-0.15, -0.1) is 10.2 Å². The third-order valence-electron chi connectivity index (χ3n) is 3.21. The van der Waals surface area contributed by atoms with Crippen molar-refractivity contribution in [2.75, 3.05) is 12.0 Å². The molecule has 0 unspecified atom stereocenters. The van der Waals surface area contributed by atoms with Gasteiger partial charge >= 0.3 is 0 Å². The number of anilines is 1. The number of hydrogen-bond donors (Lipinski definition) is 2. The van der Waals surface area contributed by atoms with Gasteiger partial charge < -0.3 is 4.74 Å². The smallest absolute Gasteiger partial charge is 0.274 e. The van der Waals surface area contributed by atoms with Gasteiger partial charge in [-0.05, 0) is 30.2 Å². The maximum Gasteiger partial charge on any atom is 0.274 e. The molecule has 0 fully saturated rings. The maximum atomic E-state index is 12.0. The van der Waals surface area contributed by atoms with Crippen LogP contribution >= 0.6 is 11.6 Å². The topological polar surface area (TPSA) is 92.3 Å². The molecule has 0 amide bonds. The lowest BCUT2D eigenvalue weighted by atomic mass is 9.93. The molecule has 134 valence electrons. The summed E-state index contributed by atoms with van der Waals surface area (Å²) in [5.41, 5.74) is 3.13. The van der Waals surface area contributed by atoms with Crippen LogP contribution in [-0.4, -0.2) is 28.0 Å². The van der Waals surface area contributed by atoms with Gasteiger partial charge in [0.15, 0.2) is 0 Å². The number of rotatable bonds is 6. The predicted molar refractivity (Wildman–Crippen MR) is 99.8 cm³/mol. The van der Waals surface area contributed by atoms with Gasteiger partial charge in [-0.3, -0.25) is 9.78 Å². The maximum absolute atomic E-state index is 12.0. The fourth-order valence-corrected chi connectivity index (χ4v) is 2.22. The van der Waals surface area contributed by atoms with E-state index in [4.69, 9.17) is 16.3 Å². The van der Waals surface area contributed by atoms with Crippen LogP contribution in [0.25, 0.3) is 0 Å². The van der Waals surface area contributed by atoms with Crippen LogP contribution in [0.15, 0.2) is 28.1 Å². The minimum atomic E-state index is -0.374. The SMILES string of the molecule is CCCOc1ccc(/C=N/Nc2nnc(C(C)(C)C)c(=O)[nH]2)cc1Cl. The molecule has 0 aliphatic heterocycles. The third-order valence-corrected chi connectivity index (χ3v) is 3.50. The van der Waals surface area contributed by atoms with Gasteiger partial charge in [0.1, 0.15) is 11.4 Å². The van der Waals surface area contributed by atoms with Crippen LogP contribution in [0.4, 0.5) is 5.95 Å². The van der Waals surface area contributed by atoms with Crippen molar-refractivity contribution in [1.82, 2.24) is 15.2 Å². The molecule has 2 N–H and O–H groups in total. The zero-order valence-corrected chi connectivity index (χ0v) is 15.5. The Hall–Kier alpha value is -2.41. The Balaban J connectivity index is 2.05. The van der Waals surface area contributed by atoms with E-state index in [1.54, 1.807) is 18.3 Å². The lowest BCUT2D eigenvalue weighted by molar-refractivity contribution is 0.317. The first-order chi connectivity index (χ1) is 11.8. The molecular weight excluding hydrogens is 342 g/mol. The molecule has 0 aliphatic rings. The number of hydrogen-bond acceptors (Lipinski definition) is 6.